The zero-order chi connectivity index (χ0) is 16.0. The first-order chi connectivity index (χ1) is 9.75. The van der Waals surface area contributed by atoms with Crippen molar-refractivity contribution in [2.75, 3.05) is 0 Å². The van der Waals surface area contributed by atoms with Crippen LogP contribution in [0.1, 0.15) is 52.9 Å². The fourth-order valence-electron chi connectivity index (χ4n) is 2.30. The number of hydrogen-bond acceptors (Lipinski definition) is 3. The zero-order valence-electron chi connectivity index (χ0n) is 13.2. The van der Waals surface area contributed by atoms with Crippen LogP contribution in [0.3, 0.4) is 0 Å². The number of rotatable bonds is 8. The molecule has 0 bridgehead atoms. The molecule has 120 valence electrons. The lowest BCUT2D eigenvalue weighted by Gasteiger charge is -2.27. The molecule has 5 nitrogen and oxygen atoms in total. The van der Waals surface area contributed by atoms with Crippen LogP contribution in [0.5, 0.6) is 0 Å². The maximum Gasteiger partial charge on any atom is 0.408 e. The lowest BCUT2D eigenvalue weighted by atomic mass is 9.87. The molecule has 0 aromatic rings. The third-order valence-electron chi connectivity index (χ3n) is 3.72. The Morgan fingerprint density at radius 2 is 2.10 bits per heavy atom. The van der Waals surface area contributed by atoms with Crippen molar-refractivity contribution in [3.05, 3.63) is 12.7 Å². The fourth-order valence-corrected chi connectivity index (χ4v) is 2.30. The van der Waals surface area contributed by atoms with E-state index < -0.39 is 23.5 Å². The average molecular weight is 297 g/mol. The number of aliphatic carboxylic acids is 1. The van der Waals surface area contributed by atoms with Crippen LogP contribution in [0.15, 0.2) is 12.7 Å². The molecule has 0 saturated heterocycles. The third kappa shape index (κ3) is 6.19. The Bertz CT molecular complexity index is 386. The van der Waals surface area contributed by atoms with E-state index in [9.17, 15) is 9.59 Å². The number of carboxylic acid groups (broad SMARTS) is 1. The molecule has 0 aromatic heterocycles. The smallest absolute Gasteiger partial charge is 0.408 e. The van der Waals surface area contributed by atoms with Crippen molar-refractivity contribution in [1.82, 2.24) is 5.32 Å². The molecule has 0 spiro atoms. The van der Waals surface area contributed by atoms with Gasteiger partial charge in [-0.15, -0.1) is 6.58 Å². The second-order valence-electron chi connectivity index (χ2n) is 6.79. The van der Waals surface area contributed by atoms with E-state index in [1.165, 1.54) is 0 Å². The Kier molecular flexibility index (Phi) is 6.24. The molecule has 0 unspecified atom stereocenters. The van der Waals surface area contributed by atoms with E-state index in [4.69, 9.17) is 9.84 Å². The van der Waals surface area contributed by atoms with Crippen LogP contribution in [-0.4, -0.2) is 29.3 Å². The Balaban J connectivity index is 2.29. The SMILES string of the molecule is C=CCCCC[C@@H]1C[C@H]1OC(=O)N[C@H](C(=O)O)C(C)(C)C. The van der Waals surface area contributed by atoms with Gasteiger partial charge in [0.2, 0.25) is 0 Å². The molecule has 0 aromatic carbocycles. The van der Waals surface area contributed by atoms with Crippen molar-refractivity contribution in [3.63, 3.8) is 0 Å². The van der Waals surface area contributed by atoms with E-state index in [-0.39, 0.29) is 6.10 Å². The molecular weight excluding hydrogens is 270 g/mol. The van der Waals surface area contributed by atoms with Gasteiger partial charge in [-0.1, -0.05) is 33.3 Å². The number of allylic oxidation sites excluding steroid dienone is 1. The van der Waals surface area contributed by atoms with Gasteiger partial charge in [0.25, 0.3) is 0 Å². The van der Waals surface area contributed by atoms with Gasteiger partial charge in [-0.25, -0.2) is 9.59 Å². The van der Waals surface area contributed by atoms with Gasteiger partial charge in [-0.05, 0) is 37.0 Å². The first kappa shape index (κ1) is 17.5. The number of carbonyl (C=O) groups excluding carboxylic acids is 1. The second kappa shape index (κ2) is 7.48. The standard InChI is InChI=1S/C16H27NO4/c1-5-6-7-8-9-11-10-12(11)21-15(20)17-13(14(18)19)16(2,3)4/h5,11-13H,1,6-10H2,2-4H3,(H,17,20)(H,18,19)/t11-,12-,13-/m1/s1. The van der Waals surface area contributed by atoms with Crippen LogP contribution in [0.4, 0.5) is 4.79 Å². The summed E-state index contributed by atoms with van der Waals surface area (Å²) in [5.74, 6) is -0.616. The lowest BCUT2D eigenvalue weighted by molar-refractivity contribution is -0.142. The summed E-state index contributed by atoms with van der Waals surface area (Å²) in [4.78, 5) is 22.9. The van der Waals surface area contributed by atoms with E-state index in [0.29, 0.717) is 5.92 Å². The Labute approximate surface area is 126 Å². The first-order valence-electron chi connectivity index (χ1n) is 7.56. The van der Waals surface area contributed by atoms with Gasteiger partial charge >= 0.3 is 12.1 Å². The molecule has 1 rings (SSSR count). The summed E-state index contributed by atoms with van der Waals surface area (Å²) < 4.78 is 5.27. The number of hydrogen-bond donors (Lipinski definition) is 2. The molecule has 1 aliphatic carbocycles. The molecule has 3 atom stereocenters. The summed E-state index contributed by atoms with van der Waals surface area (Å²) in [6.45, 7) is 8.99. The van der Waals surface area contributed by atoms with Crippen LogP contribution < -0.4 is 5.32 Å². The monoisotopic (exact) mass is 297 g/mol. The fraction of sp³-hybridized carbons (Fsp3) is 0.750. The van der Waals surface area contributed by atoms with Crippen molar-refractivity contribution in [2.45, 2.75) is 65.0 Å². The number of amides is 1. The predicted octanol–water partition coefficient (Wildman–Crippen LogP) is 3.35. The number of unbranched alkanes of at least 4 members (excludes halogenated alkanes) is 2. The van der Waals surface area contributed by atoms with Gasteiger partial charge in [-0.2, -0.15) is 0 Å². The van der Waals surface area contributed by atoms with Gasteiger partial charge in [-0.3, -0.25) is 0 Å². The van der Waals surface area contributed by atoms with E-state index >= 15 is 0 Å². The summed E-state index contributed by atoms with van der Waals surface area (Å²) in [5, 5.41) is 11.6. The topological polar surface area (TPSA) is 75.6 Å². The average Bonchev–Trinajstić information content (AvgIpc) is 3.08. The van der Waals surface area contributed by atoms with Crippen molar-refractivity contribution in [1.29, 1.82) is 0 Å². The number of carbonyl (C=O) groups is 2. The minimum atomic E-state index is -1.05. The van der Waals surface area contributed by atoms with Crippen molar-refractivity contribution in [3.8, 4) is 0 Å². The molecule has 0 radical (unpaired) electrons. The van der Waals surface area contributed by atoms with Crippen LogP contribution >= 0.6 is 0 Å². The van der Waals surface area contributed by atoms with Crippen molar-refractivity contribution < 1.29 is 19.4 Å². The molecule has 1 amide bonds. The molecule has 1 fully saturated rings. The number of carboxylic acids is 1. The van der Waals surface area contributed by atoms with E-state index in [2.05, 4.69) is 11.9 Å². The van der Waals surface area contributed by atoms with E-state index in [1.807, 2.05) is 6.08 Å². The van der Waals surface area contributed by atoms with Gasteiger partial charge in [0, 0.05) is 0 Å². The summed E-state index contributed by atoms with van der Waals surface area (Å²) in [7, 11) is 0. The van der Waals surface area contributed by atoms with Gasteiger partial charge < -0.3 is 15.2 Å². The lowest BCUT2D eigenvalue weighted by Crippen LogP contribution is -2.49. The highest BCUT2D eigenvalue weighted by Crippen LogP contribution is 2.38. The maximum absolute atomic E-state index is 11.8. The van der Waals surface area contributed by atoms with Crippen molar-refractivity contribution >= 4 is 12.1 Å². The number of ether oxygens (including phenoxy) is 1. The minimum Gasteiger partial charge on any atom is -0.480 e. The molecule has 5 heteroatoms. The zero-order valence-corrected chi connectivity index (χ0v) is 13.2. The number of nitrogens with one attached hydrogen (secondary N) is 1. The molecule has 2 N–H and O–H groups in total. The predicted molar refractivity (Wildman–Crippen MR) is 81.1 cm³/mol. The van der Waals surface area contributed by atoms with Gasteiger partial charge in [0.15, 0.2) is 0 Å². The molecule has 1 aliphatic rings. The molecule has 0 aliphatic heterocycles. The Hall–Kier alpha value is -1.52. The largest absolute Gasteiger partial charge is 0.480 e. The first-order valence-corrected chi connectivity index (χ1v) is 7.56. The minimum absolute atomic E-state index is 0.0526. The summed E-state index contributed by atoms with van der Waals surface area (Å²) in [6, 6.07) is -0.949. The normalized spacial score (nSPS) is 22.2. The molecule has 0 heterocycles. The molecule has 1 saturated carbocycles. The quantitative estimate of drug-likeness (QED) is 0.532. The van der Waals surface area contributed by atoms with Crippen LogP contribution in [0.25, 0.3) is 0 Å². The van der Waals surface area contributed by atoms with Crippen LogP contribution in [0.2, 0.25) is 0 Å². The number of alkyl carbamates (subject to hydrolysis) is 1. The summed E-state index contributed by atoms with van der Waals surface area (Å²) >= 11 is 0. The second-order valence-corrected chi connectivity index (χ2v) is 6.79. The van der Waals surface area contributed by atoms with Crippen molar-refractivity contribution in [2.24, 2.45) is 11.3 Å². The van der Waals surface area contributed by atoms with Crippen LogP contribution in [0, 0.1) is 11.3 Å². The van der Waals surface area contributed by atoms with Crippen LogP contribution in [-0.2, 0) is 9.53 Å². The Morgan fingerprint density at radius 3 is 2.62 bits per heavy atom. The highest BCUT2D eigenvalue weighted by Gasteiger charge is 2.41. The van der Waals surface area contributed by atoms with Gasteiger partial charge in [0.05, 0.1) is 0 Å². The van der Waals surface area contributed by atoms with E-state index in [1.54, 1.807) is 20.8 Å². The highest BCUT2D eigenvalue weighted by atomic mass is 16.6. The maximum atomic E-state index is 11.8. The molecule has 21 heavy (non-hydrogen) atoms. The molecular formula is C16H27NO4. The summed E-state index contributed by atoms with van der Waals surface area (Å²) in [5.41, 5.74) is -0.557. The van der Waals surface area contributed by atoms with Gasteiger partial charge in [0.1, 0.15) is 12.1 Å². The summed E-state index contributed by atoms with van der Waals surface area (Å²) in [6.07, 6.45) is 6.40. The Morgan fingerprint density at radius 1 is 1.43 bits per heavy atom. The van der Waals surface area contributed by atoms with E-state index in [0.717, 1.165) is 32.1 Å². The highest BCUT2D eigenvalue weighted by molar-refractivity contribution is 5.80. The third-order valence-corrected chi connectivity index (χ3v) is 3.72.